The summed E-state index contributed by atoms with van der Waals surface area (Å²) in [5.41, 5.74) is 1.39. The summed E-state index contributed by atoms with van der Waals surface area (Å²) in [6.45, 7) is 4.46. The molecule has 2 nitrogen and oxygen atoms in total. The molecule has 0 amide bonds. The standard InChI is InChI=1S/C12H19NO/c1-3-9(2)13-11-5-4-6-12-10(11)7-8-14-12/h7-9,11,13H,3-6H2,1-2H3/t9-,11+/m1/s1. The molecule has 0 aliphatic heterocycles. The van der Waals surface area contributed by atoms with Gasteiger partial charge in [-0.2, -0.15) is 0 Å². The second-order valence-electron chi connectivity index (χ2n) is 4.22. The molecule has 78 valence electrons. The van der Waals surface area contributed by atoms with Gasteiger partial charge in [0.1, 0.15) is 5.76 Å². The van der Waals surface area contributed by atoms with Gasteiger partial charge in [-0.05, 0) is 32.3 Å². The largest absolute Gasteiger partial charge is 0.469 e. The van der Waals surface area contributed by atoms with Gasteiger partial charge in [0.25, 0.3) is 0 Å². The summed E-state index contributed by atoms with van der Waals surface area (Å²) in [4.78, 5) is 0. The summed E-state index contributed by atoms with van der Waals surface area (Å²) in [5.74, 6) is 1.19. The van der Waals surface area contributed by atoms with E-state index in [0.29, 0.717) is 12.1 Å². The van der Waals surface area contributed by atoms with Crippen molar-refractivity contribution in [3.8, 4) is 0 Å². The Labute approximate surface area is 85.7 Å². The van der Waals surface area contributed by atoms with Crippen LogP contribution in [0.4, 0.5) is 0 Å². The van der Waals surface area contributed by atoms with Crippen LogP contribution in [0.15, 0.2) is 16.7 Å². The third-order valence-electron chi connectivity index (χ3n) is 3.15. The third-order valence-corrected chi connectivity index (χ3v) is 3.15. The van der Waals surface area contributed by atoms with Crippen molar-refractivity contribution >= 4 is 0 Å². The fourth-order valence-corrected chi connectivity index (χ4v) is 2.12. The van der Waals surface area contributed by atoms with Gasteiger partial charge in [0.2, 0.25) is 0 Å². The van der Waals surface area contributed by atoms with Crippen molar-refractivity contribution in [2.24, 2.45) is 0 Å². The van der Waals surface area contributed by atoms with Crippen molar-refractivity contribution in [2.45, 2.75) is 51.6 Å². The smallest absolute Gasteiger partial charge is 0.108 e. The van der Waals surface area contributed by atoms with Gasteiger partial charge in [-0.15, -0.1) is 0 Å². The van der Waals surface area contributed by atoms with Crippen LogP contribution in [0.1, 0.15) is 50.5 Å². The molecule has 2 rings (SSSR count). The first-order chi connectivity index (χ1) is 6.81. The second kappa shape index (κ2) is 4.18. The molecule has 0 saturated carbocycles. The minimum atomic E-state index is 0.521. The number of fused-ring (bicyclic) bond motifs is 1. The van der Waals surface area contributed by atoms with Gasteiger partial charge in [0, 0.05) is 24.1 Å². The van der Waals surface area contributed by atoms with Crippen LogP contribution in [0.25, 0.3) is 0 Å². The highest BCUT2D eigenvalue weighted by molar-refractivity contribution is 5.24. The first kappa shape index (κ1) is 9.78. The van der Waals surface area contributed by atoms with Crippen molar-refractivity contribution < 1.29 is 4.42 Å². The van der Waals surface area contributed by atoms with E-state index in [1.54, 1.807) is 0 Å². The van der Waals surface area contributed by atoms with Crippen molar-refractivity contribution in [2.75, 3.05) is 0 Å². The predicted octanol–water partition coefficient (Wildman–Crippen LogP) is 3.05. The topological polar surface area (TPSA) is 25.2 Å². The predicted molar refractivity (Wildman–Crippen MR) is 57.3 cm³/mol. The van der Waals surface area contributed by atoms with Gasteiger partial charge in [0.05, 0.1) is 6.26 Å². The third kappa shape index (κ3) is 1.85. The van der Waals surface area contributed by atoms with Crippen molar-refractivity contribution in [3.05, 3.63) is 23.7 Å². The Kier molecular flexibility index (Phi) is 2.92. The zero-order chi connectivity index (χ0) is 9.97. The Bertz CT molecular complexity index is 292. The molecule has 0 aromatic carbocycles. The highest BCUT2D eigenvalue weighted by Crippen LogP contribution is 2.30. The lowest BCUT2D eigenvalue weighted by Gasteiger charge is -2.25. The Morgan fingerprint density at radius 2 is 2.50 bits per heavy atom. The molecular weight excluding hydrogens is 174 g/mol. The fourth-order valence-electron chi connectivity index (χ4n) is 2.12. The highest BCUT2D eigenvalue weighted by atomic mass is 16.3. The van der Waals surface area contributed by atoms with Crippen LogP contribution in [-0.4, -0.2) is 6.04 Å². The van der Waals surface area contributed by atoms with E-state index < -0.39 is 0 Å². The van der Waals surface area contributed by atoms with Gasteiger partial charge in [-0.1, -0.05) is 6.92 Å². The van der Waals surface area contributed by atoms with Crippen LogP contribution in [0.5, 0.6) is 0 Å². The molecule has 0 fully saturated rings. The molecule has 2 atom stereocenters. The number of nitrogens with one attached hydrogen (secondary N) is 1. The zero-order valence-corrected chi connectivity index (χ0v) is 9.05. The molecular formula is C12H19NO. The minimum absolute atomic E-state index is 0.521. The van der Waals surface area contributed by atoms with Crippen LogP contribution < -0.4 is 5.32 Å². The van der Waals surface area contributed by atoms with E-state index in [-0.39, 0.29) is 0 Å². The van der Waals surface area contributed by atoms with Gasteiger partial charge < -0.3 is 9.73 Å². The summed E-state index contributed by atoms with van der Waals surface area (Å²) >= 11 is 0. The molecule has 1 aromatic heterocycles. The molecule has 0 spiro atoms. The number of rotatable bonds is 3. The van der Waals surface area contributed by atoms with E-state index in [9.17, 15) is 0 Å². The molecule has 1 aromatic rings. The minimum Gasteiger partial charge on any atom is -0.469 e. The van der Waals surface area contributed by atoms with E-state index in [2.05, 4.69) is 25.2 Å². The van der Waals surface area contributed by atoms with Crippen molar-refractivity contribution in [1.29, 1.82) is 0 Å². The number of aryl methyl sites for hydroxylation is 1. The molecule has 1 aliphatic carbocycles. The van der Waals surface area contributed by atoms with E-state index >= 15 is 0 Å². The molecule has 14 heavy (non-hydrogen) atoms. The monoisotopic (exact) mass is 193 g/mol. The normalized spacial score (nSPS) is 23.1. The SMILES string of the molecule is CC[C@@H](C)N[C@H]1CCCc2occc21. The second-order valence-corrected chi connectivity index (χ2v) is 4.22. The van der Waals surface area contributed by atoms with E-state index in [1.165, 1.54) is 30.6 Å². The average molecular weight is 193 g/mol. The lowest BCUT2D eigenvalue weighted by atomic mass is 9.93. The van der Waals surface area contributed by atoms with E-state index in [0.717, 1.165) is 6.42 Å². The number of hydrogen-bond acceptors (Lipinski definition) is 2. The maximum absolute atomic E-state index is 5.46. The maximum atomic E-state index is 5.46. The lowest BCUT2D eigenvalue weighted by molar-refractivity contribution is 0.378. The maximum Gasteiger partial charge on any atom is 0.108 e. The summed E-state index contributed by atoms with van der Waals surface area (Å²) in [5, 5.41) is 3.65. The van der Waals surface area contributed by atoms with E-state index in [1.807, 2.05) is 6.26 Å². The molecule has 0 radical (unpaired) electrons. The van der Waals surface area contributed by atoms with Crippen molar-refractivity contribution in [1.82, 2.24) is 5.32 Å². The molecule has 2 heteroatoms. The zero-order valence-electron chi connectivity index (χ0n) is 9.05. The number of hydrogen-bond donors (Lipinski definition) is 1. The Hall–Kier alpha value is -0.760. The summed E-state index contributed by atoms with van der Waals surface area (Å²) in [6.07, 6.45) is 6.61. The molecule has 1 aliphatic rings. The Morgan fingerprint density at radius 3 is 3.29 bits per heavy atom. The summed E-state index contributed by atoms with van der Waals surface area (Å²) < 4.78 is 5.46. The Morgan fingerprint density at radius 1 is 1.64 bits per heavy atom. The first-order valence-electron chi connectivity index (χ1n) is 5.63. The highest BCUT2D eigenvalue weighted by Gasteiger charge is 2.22. The quantitative estimate of drug-likeness (QED) is 0.798. The van der Waals surface area contributed by atoms with Crippen molar-refractivity contribution in [3.63, 3.8) is 0 Å². The molecule has 0 saturated heterocycles. The molecule has 0 unspecified atom stereocenters. The fraction of sp³-hybridized carbons (Fsp3) is 0.667. The average Bonchev–Trinajstić information content (AvgIpc) is 2.66. The van der Waals surface area contributed by atoms with Crippen LogP contribution in [0.2, 0.25) is 0 Å². The number of furan rings is 1. The van der Waals surface area contributed by atoms with Gasteiger partial charge in [0.15, 0.2) is 0 Å². The van der Waals surface area contributed by atoms with Crippen LogP contribution >= 0.6 is 0 Å². The van der Waals surface area contributed by atoms with Crippen LogP contribution in [0, 0.1) is 0 Å². The van der Waals surface area contributed by atoms with Crippen LogP contribution in [0.3, 0.4) is 0 Å². The summed E-state index contributed by atoms with van der Waals surface area (Å²) in [7, 11) is 0. The van der Waals surface area contributed by atoms with Gasteiger partial charge in [-0.25, -0.2) is 0 Å². The Balaban J connectivity index is 2.08. The summed E-state index contributed by atoms with van der Waals surface area (Å²) in [6, 6.07) is 3.24. The van der Waals surface area contributed by atoms with Gasteiger partial charge in [-0.3, -0.25) is 0 Å². The lowest BCUT2D eigenvalue weighted by Crippen LogP contribution is -2.31. The molecule has 0 bridgehead atoms. The van der Waals surface area contributed by atoms with E-state index in [4.69, 9.17) is 4.42 Å². The molecule has 1 heterocycles. The first-order valence-corrected chi connectivity index (χ1v) is 5.63. The van der Waals surface area contributed by atoms with Crippen LogP contribution in [-0.2, 0) is 6.42 Å². The van der Waals surface area contributed by atoms with Gasteiger partial charge >= 0.3 is 0 Å². The molecule has 1 N–H and O–H groups in total.